The first kappa shape index (κ1) is 15.0. The first-order valence-corrected chi connectivity index (χ1v) is 7.22. The van der Waals surface area contributed by atoms with Crippen LogP contribution in [-0.4, -0.2) is 30.4 Å². The Kier molecular flexibility index (Phi) is 4.13. The molecule has 1 aromatic heterocycles. The van der Waals surface area contributed by atoms with Gasteiger partial charge < -0.3 is 9.47 Å². The van der Waals surface area contributed by atoms with E-state index in [1.54, 1.807) is 19.1 Å². The summed E-state index contributed by atoms with van der Waals surface area (Å²) >= 11 is 5.96. The summed E-state index contributed by atoms with van der Waals surface area (Å²) in [5.41, 5.74) is 0.431. The number of benzene rings is 1. The maximum Gasteiger partial charge on any atom is 0.413 e. The molecule has 1 aliphatic heterocycles. The molecule has 116 valence electrons. The molecule has 0 unspecified atom stereocenters. The zero-order valence-electron chi connectivity index (χ0n) is 11.9. The fourth-order valence-electron chi connectivity index (χ4n) is 2.32. The molecule has 0 saturated carbocycles. The molecule has 0 spiro atoms. The Labute approximate surface area is 131 Å². The van der Waals surface area contributed by atoms with E-state index in [0.29, 0.717) is 41.8 Å². The maximum absolute atomic E-state index is 13.7. The molecular weight excluding hydrogens is 311 g/mol. The highest BCUT2D eigenvalue weighted by molar-refractivity contribution is 6.35. The molecule has 0 radical (unpaired) electrons. The molecule has 5 nitrogen and oxygen atoms in total. The molecule has 7 heteroatoms. The van der Waals surface area contributed by atoms with E-state index in [1.807, 2.05) is 0 Å². The van der Waals surface area contributed by atoms with Gasteiger partial charge in [-0.1, -0.05) is 11.6 Å². The number of carbonyl (C=O) groups excluding carboxylic acids is 1. The van der Waals surface area contributed by atoms with Crippen molar-refractivity contribution in [1.29, 1.82) is 0 Å². The van der Waals surface area contributed by atoms with Crippen LogP contribution >= 0.6 is 11.6 Å². The number of nitrogens with zero attached hydrogens (tertiary/aromatic N) is 1. The third kappa shape index (κ3) is 2.98. The summed E-state index contributed by atoms with van der Waals surface area (Å²) in [6.07, 6.45) is 1.29. The van der Waals surface area contributed by atoms with Crippen LogP contribution in [0.3, 0.4) is 0 Å². The van der Waals surface area contributed by atoms with Crippen LogP contribution in [0.2, 0.25) is 5.02 Å². The summed E-state index contributed by atoms with van der Waals surface area (Å²) in [5, 5.41) is 3.76. The zero-order valence-corrected chi connectivity index (χ0v) is 12.6. The van der Waals surface area contributed by atoms with Gasteiger partial charge in [-0.15, -0.1) is 0 Å². The first-order chi connectivity index (χ1) is 10.5. The summed E-state index contributed by atoms with van der Waals surface area (Å²) in [4.78, 5) is 15.8. The normalized spacial score (nSPS) is 17.7. The van der Waals surface area contributed by atoms with Gasteiger partial charge in [0.05, 0.1) is 18.2 Å². The maximum atomic E-state index is 13.7. The molecule has 1 aromatic carbocycles. The lowest BCUT2D eigenvalue weighted by molar-refractivity contribution is 0.0931. The van der Waals surface area contributed by atoms with Crippen LogP contribution in [0.1, 0.15) is 12.0 Å². The van der Waals surface area contributed by atoms with Gasteiger partial charge in [0.2, 0.25) is 0 Å². The van der Waals surface area contributed by atoms with Gasteiger partial charge in [0, 0.05) is 18.0 Å². The smallest absolute Gasteiger partial charge is 0.413 e. The minimum absolute atomic E-state index is 0.0275. The molecule has 1 N–H and O–H groups in total. The molecular formula is C15H14ClFN2O3. The molecule has 22 heavy (non-hydrogen) atoms. The SMILES string of the molecule is Cc1cc2cc(NC(=O)O[C@@H]3CCOC3)ncc2c(Cl)c1F. The minimum Gasteiger partial charge on any atom is -0.443 e. The average Bonchev–Trinajstić information content (AvgIpc) is 2.97. The van der Waals surface area contributed by atoms with E-state index in [2.05, 4.69) is 10.3 Å². The Hall–Kier alpha value is -1.92. The van der Waals surface area contributed by atoms with Crippen molar-refractivity contribution in [3.63, 3.8) is 0 Å². The van der Waals surface area contributed by atoms with Crippen molar-refractivity contribution >= 4 is 34.3 Å². The number of aryl methyl sites for hydroxylation is 1. The van der Waals surface area contributed by atoms with E-state index < -0.39 is 11.9 Å². The highest BCUT2D eigenvalue weighted by Gasteiger charge is 2.20. The van der Waals surface area contributed by atoms with Gasteiger partial charge in [0.25, 0.3) is 0 Å². The predicted octanol–water partition coefficient (Wildman–Crippen LogP) is 3.67. The first-order valence-electron chi connectivity index (χ1n) is 6.84. The number of fused-ring (bicyclic) bond motifs is 1. The number of amides is 1. The van der Waals surface area contributed by atoms with E-state index in [9.17, 15) is 9.18 Å². The molecule has 1 aliphatic rings. The van der Waals surface area contributed by atoms with Crippen molar-refractivity contribution in [2.24, 2.45) is 0 Å². The van der Waals surface area contributed by atoms with Crippen molar-refractivity contribution < 1.29 is 18.7 Å². The number of anilines is 1. The Bertz CT molecular complexity index is 732. The van der Waals surface area contributed by atoms with Gasteiger partial charge in [-0.25, -0.2) is 14.2 Å². The number of halogens is 2. The number of aromatic nitrogens is 1. The number of hydrogen-bond acceptors (Lipinski definition) is 4. The molecule has 0 bridgehead atoms. The van der Waals surface area contributed by atoms with Gasteiger partial charge in [-0.2, -0.15) is 0 Å². The third-order valence-corrected chi connectivity index (χ3v) is 3.84. The van der Waals surface area contributed by atoms with E-state index in [-0.39, 0.29) is 11.1 Å². The van der Waals surface area contributed by atoms with E-state index >= 15 is 0 Å². The molecule has 1 saturated heterocycles. The lowest BCUT2D eigenvalue weighted by atomic mass is 10.1. The van der Waals surface area contributed by atoms with Crippen molar-refractivity contribution in [2.75, 3.05) is 18.5 Å². The van der Waals surface area contributed by atoms with Gasteiger partial charge >= 0.3 is 6.09 Å². The van der Waals surface area contributed by atoms with Gasteiger partial charge in [-0.05, 0) is 30.0 Å². The van der Waals surface area contributed by atoms with Crippen LogP contribution in [0.25, 0.3) is 10.8 Å². The van der Waals surface area contributed by atoms with Crippen molar-refractivity contribution in [3.8, 4) is 0 Å². The van der Waals surface area contributed by atoms with Crippen molar-refractivity contribution in [3.05, 3.63) is 34.7 Å². The summed E-state index contributed by atoms with van der Waals surface area (Å²) in [6, 6.07) is 3.28. The molecule has 1 atom stereocenters. The highest BCUT2D eigenvalue weighted by atomic mass is 35.5. The lowest BCUT2D eigenvalue weighted by Crippen LogP contribution is -2.22. The van der Waals surface area contributed by atoms with Gasteiger partial charge in [-0.3, -0.25) is 5.32 Å². The van der Waals surface area contributed by atoms with E-state index in [4.69, 9.17) is 21.1 Å². The van der Waals surface area contributed by atoms with Crippen LogP contribution in [0, 0.1) is 12.7 Å². The molecule has 0 aliphatic carbocycles. The summed E-state index contributed by atoms with van der Waals surface area (Å²) in [5.74, 6) is -0.143. The summed E-state index contributed by atoms with van der Waals surface area (Å²) < 4.78 is 24.1. The number of hydrogen-bond donors (Lipinski definition) is 1. The largest absolute Gasteiger partial charge is 0.443 e. The Morgan fingerprint density at radius 2 is 2.36 bits per heavy atom. The van der Waals surface area contributed by atoms with Gasteiger partial charge in [0.15, 0.2) is 0 Å². The number of ether oxygens (including phenoxy) is 2. The highest BCUT2D eigenvalue weighted by Crippen LogP contribution is 2.29. The fraction of sp³-hybridized carbons (Fsp3) is 0.333. The molecule has 3 rings (SSSR count). The topological polar surface area (TPSA) is 60.5 Å². The molecule has 1 fully saturated rings. The zero-order chi connectivity index (χ0) is 15.7. The van der Waals surface area contributed by atoms with Gasteiger partial charge in [0.1, 0.15) is 17.7 Å². The van der Waals surface area contributed by atoms with Crippen LogP contribution in [0.15, 0.2) is 18.3 Å². The third-order valence-electron chi connectivity index (χ3n) is 3.48. The van der Waals surface area contributed by atoms with Crippen molar-refractivity contribution in [2.45, 2.75) is 19.4 Å². The number of rotatable bonds is 2. The second-order valence-corrected chi connectivity index (χ2v) is 5.51. The van der Waals surface area contributed by atoms with Crippen LogP contribution in [-0.2, 0) is 9.47 Å². The molecule has 2 heterocycles. The van der Waals surface area contributed by atoms with Crippen LogP contribution in [0.4, 0.5) is 15.0 Å². The van der Waals surface area contributed by atoms with Crippen molar-refractivity contribution in [1.82, 2.24) is 4.98 Å². The molecule has 2 aromatic rings. The predicted molar refractivity (Wildman–Crippen MR) is 80.8 cm³/mol. The number of nitrogens with one attached hydrogen (secondary N) is 1. The lowest BCUT2D eigenvalue weighted by Gasteiger charge is -2.11. The Morgan fingerprint density at radius 3 is 3.09 bits per heavy atom. The monoisotopic (exact) mass is 324 g/mol. The standard InChI is InChI=1S/C15H14ClFN2O3/c1-8-4-9-5-12(18-6-11(9)13(16)14(8)17)19-15(20)22-10-2-3-21-7-10/h4-6,10H,2-3,7H2,1H3,(H,18,19,20)/t10-/m1/s1. The fourth-order valence-corrected chi connectivity index (χ4v) is 2.63. The Morgan fingerprint density at radius 1 is 1.55 bits per heavy atom. The molecule has 1 amide bonds. The second kappa shape index (κ2) is 6.06. The average molecular weight is 325 g/mol. The van der Waals surface area contributed by atoms with Crippen LogP contribution in [0.5, 0.6) is 0 Å². The van der Waals surface area contributed by atoms with Crippen LogP contribution < -0.4 is 5.32 Å². The summed E-state index contributed by atoms with van der Waals surface area (Å²) in [7, 11) is 0. The number of carbonyl (C=O) groups is 1. The van der Waals surface area contributed by atoms with E-state index in [0.717, 1.165) is 0 Å². The summed E-state index contributed by atoms with van der Waals surface area (Å²) in [6.45, 7) is 2.63. The second-order valence-electron chi connectivity index (χ2n) is 5.13. The Balaban J connectivity index is 1.79. The quantitative estimate of drug-likeness (QED) is 0.915. The van der Waals surface area contributed by atoms with E-state index in [1.165, 1.54) is 6.20 Å². The minimum atomic E-state index is -0.590. The number of pyridine rings is 1.